The second kappa shape index (κ2) is 6.73. The fraction of sp³-hybridized carbons (Fsp3) is 0.471. The Hall–Kier alpha value is -1.49. The van der Waals surface area contributed by atoms with Crippen LogP contribution in [0.2, 0.25) is 0 Å². The molecule has 1 heterocycles. The Kier molecular flexibility index (Phi) is 4.71. The van der Waals surface area contributed by atoms with Crippen molar-refractivity contribution in [3.63, 3.8) is 0 Å². The quantitative estimate of drug-likeness (QED) is 0.792. The summed E-state index contributed by atoms with van der Waals surface area (Å²) in [6, 6.07) is 4.13. The first-order valence-electron chi connectivity index (χ1n) is 7.85. The van der Waals surface area contributed by atoms with E-state index in [4.69, 9.17) is 4.98 Å². The van der Waals surface area contributed by atoms with Crippen molar-refractivity contribution >= 4 is 16.5 Å². The normalized spacial score (nSPS) is 14.0. The molecule has 2 aromatic rings. The average Bonchev–Trinajstić information content (AvgIpc) is 2.94. The molecule has 1 aromatic heterocycles. The molecule has 22 heavy (non-hydrogen) atoms. The Bertz CT molecular complexity index is 631. The van der Waals surface area contributed by atoms with Gasteiger partial charge in [-0.15, -0.1) is 11.3 Å². The summed E-state index contributed by atoms with van der Waals surface area (Å²) >= 11 is 1.76. The number of nitrogens with zero attached hydrogens (tertiary/aromatic N) is 2. The Morgan fingerprint density at radius 3 is 2.73 bits per heavy atom. The van der Waals surface area contributed by atoms with Crippen molar-refractivity contribution in [3.8, 4) is 0 Å². The molecule has 118 valence electrons. The van der Waals surface area contributed by atoms with E-state index in [1.54, 1.807) is 17.4 Å². The molecule has 0 radical (unpaired) electrons. The van der Waals surface area contributed by atoms with Crippen molar-refractivity contribution in [1.82, 2.24) is 4.98 Å². The lowest BCUT2D eigenvalue weighted by molar-refractivity contribution is 0.506. The number of fused-ring (bicyclic) bond motifs is 1. The molecule has 0 saturated carbocycles. The van der Waals surface area contributed by atoms with E-state index in [1.165, 1.54) is 35.5 Å². The Balaban J connectivity index is 1.82. The van der Waals surface area contributed by atoms with E-state index in [0.29, 0.717) is 6.54 Å². The first-order valence-corrected chi connectivity index (χ1v) is 8.66. The van der Waals surface area contributed by atoms with Crippen LogP contribution < -0.4 is 4.90 Å². The zero-order chi connectivity index (χ0) is 15.5. The van der Waals surface area contributed by atoms with E-state index in [1.807, 2.05) is 0 Å². The molecule has 0 N–H and O–H groups in total. The third-order valence-electron chi connectivity index (χ3n) is 3.96. The monoisotopic (exact) mass is 322 g/mol. The maximum absolute atomic E-state index is 13.4. The minimum atomic E-state index is -0.796. The summed E-state index contributed by atoms with van der Waals surface area (Å²) in [4.78, 5) is 8.35. The summed E-state index contributed by atoms with van der Waals surface area (Å²) in [5.41, 5.74) is 2.01. The molecule has 0 aliphatic heterocycles. The largest absolute Gasteiger partial charge is 0.344 e. The van der Waals surface area contributed by atoms with Crippen LogP contribution >= 0.6 is 11.3 Å². The third kappa shape index (κ3) is 3.29. The maximum Gasteiger partial charge on any atom is 0.186 e. The molecule has 0 atom stereocenters. The smallest absolute Gasteiger partial charge is 0.186 e. The first-order chi connectivity index (χ1) is 10.7. The van der Waals surface area contributed by atoms with Crippen LogP contribution in [-0.4, -0.2) is 11.5 Å². The molecule has 1 aromatic carbocycles. The highest BCUT2D eigenvalue weighted by Gasteiger charge is 2.19. The van der Waals surface area contributed by atoms with Crippen LogP contribution in [0, 0.1) is 11.6 Å². The number of aryl methyl sites for hydroxylation is 2. The molecule has 3 rings (SSSR count). The zero-order valence-corrected chi connectivity index (χ0v) is 13.6. The van der Waals surface area contributed by atoms with Crippen LogP contribution in [0.25, 0.3) is 0 Å². The van der Waals surface area contributed by atoms with Gasteiger partial charge in [0, 0.05) is 18.0 Å². The molecule has 5 heteroatoms. The minimum Gasteiger partial charge on any atom is -0.344 e. The van der Waals surface area contributed by atoms with Gasteiger partial charge in [0.05, 0.1) is 5.69 Å². The number of thiazole rings is 1. The Morgan fingerprint density at radius 2 is 2.00 bits per heavy atom. The summed E-state index contributed by atoms with van der Waals surface area (Å²) in [7, 11) is 0. The summed E-state index contributed by atoms with van der Waals surface area (Å²) in [6.45, 7) is 3.55. The molecule has 0 bridgehead atoms. The van der Waals surface area contributed by atoms with Gasteiger partial charge in [0.15, 0.2) is 16.8 Å². The molecule has 1 aliphatic rings. The summed E-state index contributed by atoms with van der Waals surface area (Å²) < 4.78 is 26.5. The number of hydrogen-bond acceptors (Lipinski definition) is 3. The van der Waals surface area contributed by atoms with Crippen LogP contribution in [0.15, 0.2) is 18.2 Å². The van der Waals surface area contributed by atoms with Crippen molar-refractivity contribution in [2.24, 2.45) is 0 Å². The van der Waals surface area contributed by atoms with Crippen LogP contribution in [0.3, 0.4) is 0 Å². The maximum atomic E-state index is 13.4. The predicted molar refractivity (Wildman–Crippen MR) is 86.5 cm³/mol. The van der Waals surface area contributed by atoms with E-state index in [2.05, 4.69) is 11.8 Å². The van der Waals surface area contributed by atoms with Crippen molar-refractivity contribution in [3.05, 3.63) is 46.0 Å². The molecule has 2 nitrogen and oxygen atoms in total. The first kappa shape index (κ1) is 15.4. The van der Waals surface area contributed by atoms with Gasteiger partial charge in [0.25, 0.3) is 0 Å². The predicted octanol–water partition coefficient (Wildman–Crippen LogP) is 4.72. The van der Waals surface area contributed by atoms with E-state index in [9.17, 15) is 8.78 Å². The second-order valence-corrected chi connectivity index (χ2v) is 6.81. The van der Waals surface area contributed by atoms with E-state index < -0.39 is 11.6 Å². The molecule has 0 amide bonds. The standard InChI is InChI=1S/C17H20F2N2S/c1-2-9-21(11-12-7-8-13(18)14(19)10-12)17-20-15-5-3-4-6-16(15)22-17/h7-8,10H,2-6,9,11H2,1H3. The van der Waals surface area contributed by atoms with Crippen LogP contribution in [0.5, 0.6) is 0 Å². The molecule has 0 unspecified atom stereocenters. The van der Waals surface area contributed by atoms with Crippen LogP contribution in [0.1, 0.15) is 42.3 Å². The topological polar surface area (TPSA) is 16.1 Å². The SMILES string of the molecule is CCCN(Cc1ccc(F)c(F)c1)c1nc2c(s1)CCCC2. The van der Waals surface area contributed by atoms with Gasteiger partial charge in [-0.2, -0.15) is 0 Å². The molecule has 1 aliphatic carbocycles. The highest BCUT2D eigenvalue weighted by molar-refractivity contribution is 7.15. The van der Waals surface area contributed by atoms with Crippen molar-refractivity contribution in [2.45, 2.75) is 45.6 Å². The number of halogens is 2. The fourth-order valence-electron chi connectivity index (χ4n) is 2.84. The van der Waals surface area contributed by atoms with E-state index >= 15 is 0 Å². The van der Waals surface area contributed by atoms with Gasteiger partial charge >= 0.3 is 0 Å². The Labute approximate surface area is 133 Å². The number of aromatic nitrogens is 1. The summed E-state index contributed by atoms with van der Waals surface area (Å²) in [5.74, 6) is -1.58. The van der Waals surface area contributed by atoms with Crippen LogP contribution in [-0.2, 0) is 19.4 Å². The van der Waals surface area contributed by atoms with E-state index in [0.717, 1.165) is 36.5 Å². The number of anilines is 1. The summed E-state index contributed by atoms with van der Waals surface area (Å²) in [5, 5.41) is 1.01. The summed E-state index contributed by atoms with van der Waals surface area (Å²) in [6.07, 6.45) is 5.64. The zero-order valence-electron chi connectivity index (χ0n) is 12.7. The number of benzene rings is 1. The number of rotatable bonds is 5. The van der Waals surface area contributed by atoms with Gasteiger partial charge < -0.3 is 4.90 Å². The van der Waals surface area contributed by atoms with Gasteiger partial charge in [-0.05, 0) is 49.8 Å². The van der Waals surface area contributed by atoms with E-state index in [-0.39, 0.29) is 0 Å². The van der Waals surface area contributed by atoms with Gasteiger partial charge in [-0.25, -0.2) is 13.8 Å². The van der Waals surface area contributed by atoms with Gasteiger partial charge in [0.2, 0.25) is 0 Å². The number of hydrogen-bond donors (Lipinski definition) is 0. The molecule has 0 spiro atoms. The third-order valence-corrected chi connectivity index (χ3v) is 5.17. The van der Waals surface area contributed by atoms with Crippen molar-refractivity contribution in [2.75, 3.05) is 11.4 Å². The molecule has 0 saturated heterocycles. The average molecular weight is 322 g/mol. The molecular weight excluding hydrogens is 302 g/mol. The second-order valence-electron chi connectivity index (χ2n) is 5.74. The highest BCUT2D eigenvalue weighted by Crippen LogP contribution is 2.32. The minimum absolute atomic E-state index is 0.567. The van der Waals surface area contributed by atoms with Crippen LogP contribution in [0.4, 0.5) is 13.9 Å². The lowest BCUT2D eigenvalue weighted by Gasteiger charge is -2.21. The Morgan fingerprint density at radius 1 is 1.18 bits per heavy atom. The van der Waals surface area contributed by atoms with Crippen molar-refractivity contribution < 1.29 is 8.78 Å². The molecular formula is C17H20F2N2S. The molecule has 0 fully saturated rings. The fourth-order valence-corrected chi connectivity index (χ4v) is 4.02. The van der Waals surface area contributed by atoms with Gasteiger partial charge in [-0.1, -0.05) is 13.0 Å². The van der Waals surface area contributed by atoms with Crippen molar-refractivity contribution in [1.29, 1.82) is 0 Å². The lowest BCUT2D eigenvalue weighted by atomic mass is 10.0. The van der Waals surface area contributed by atoms with Gasteiger partial charge in [-0.3, -0.25) is 0 Å². The lowest BCUT2D eigenvalue weighted by Crippen LogP contribution is -2.23. The van der Waals surface area contributed by atoms with Gasteiger partial charge in [0.1, 0.15) is 0 Å². The highest BCUT2D eigenvalue weighted by atomic mass is 32.1.